The van der Waals surface area contributed by atoms with E-state index in [1.165, 1.54) is 0 Å². The van der Waals surface area contributed by atoms with Crippen LogP contribution in [-0.2, 0) is 18.9 Å². The van der Waals surface area contributed by atoms with Gasteiger partial charge in [0.05, 0.1) is 39.6 Å². The van der Waals surface area contributed by atoms with Crippen LogP contribution in [0.3, 0.4) is 0 Å². The highest BCUT2D eigenvalue weighted by Crippen LogP contribution is 2.24. The van der Waals surface area contributed by atoms with Crippen molar-refractivity contribution in [3.05, 3.63) is 0 Å². The minimum atomic E-state index is -0.305. The van der Waals surface area contributed by atoms with Gasteiger partial charge in [-0.1, -0.05) is 13.8 Å². The Kier molecular flexibility index (Phi) is 23.8. The summed E-state index contributed by atoms with van der Waals surface area (Å²) in [6, 6.07) is 0. The molecule has 33 heavy (non-hydrogen) atoms. The maximum absolute atomic E-state index is 9.81. The molecule has 0 amide bonds. The lowest BCUT2D eigenvalue weighted by molar-refractivity contribution is -0.0525. The Balaban J connectivity index is 3.81. The first-order valence-corrected chi connectivity index (χ1v) is 14.8. The van der Waals surface area contributed by atoms with Gasteiger partial charge in [-0.25, -0.2) is 0 Å². The average molecular weight is 531 g/mol. The molecule has 0 bridgehead atoms. The number of aliphatic hydroxyl groups excluding tert-OH is 2. The molecule has 0 radical (unpaired) electrons. The van der Waals surface area contributed by atoms with Gasteiger partial charge in [-0.3, -0.25) is 0 Å². The van der Waals surface area contributed by atoms with Crippen molar-refractivity contribution < 1.29 is 29.2 Å². The van der Waals surface area contributed by atoms with Crippen molar-refractivity contribution in [3.8, 4) is 0 Å². The Morgan fingerprint density at radius 1 is 0.606 bits per heavy atom. The molecule has 0 aliphatic carbocycles. The Hall–Kier alpha value is 0.810. The molecule has 200 valence electrons. The largest absolute Gasteiger partial charge is 0.396 e. The maximum atomic E-state index is 9.81. The molecule has 0 aliphatic heterocycles. The van der Waals surface area contributed by atoms with Crippen LogP contribution < -0.4 is 0 Å². The van der Waals surface area contributed by atoms with Crippen molar-refractivity contribution in [1.29, 1.82) is 0 Å². The molecule has 0 aliphatic rings. The van der Waals surface area contributed by atoms with Gasteiger partial charge in [0.2, 0.25) is 0 Å². The van der Waals surface area contributed by atoms with Crippen LogP contribution in [0.15, 0.2) is 0 Å². The van der Waals surface area contributed by atoms with E-state index in [1.807, 2.05) is 11.8 Å². The molecule has 0 spiro atoms. The average Bonchev–Trinajstić information content (AvgIpc) is 2.85. The van der Waals surface area contributed by atoms with Gasteiger partial charge < -0.3 is 29.2 Å². The number of thioether (sulfide) groups is 1. The predicted octanol–water partition coefficient (Wildman–Crippen LogP) is 3.98. The molecule has 6 nitrogen and oxygen atoms in total. The Morgan fingerprint density at radius 3 is 1.21 bits per heavy atom. The van der Waals surface area contributed by atoms with Crippen LogP contribution in [0, 0.1) is 10.8 Å². The zero-order chi connectivity index (χ0) is 24.7. The van der Waals surface area contributed by atoms with Gasteiger partial charge in [-0.15, -0.1) is 0 Å². The number of thiol groups is 2. The van der Waals surface area contributed by atoms with E-state index in [9.17, 15) is 10.2 Å². The molecule has 0 fully saturated rings. The number of hydrogen-bond donors (Lipinski definition) is 4. The van der Waals surface area contributed by atoms with Gasteiger partial charge >= 0.3 is 0 Å². The molecule has 0 aromatic heterocycles. The fourth-order valence-corrected chi connectivity index (χ4v) is 4.12. The third-order valence-electron chi connectivity index (χ3n) is 5.85. The monoisotopic (exact) mass is 530 g/mol. The van der Waals surface area contributed by atoms with Crippen LogP contribution >= 0.6 is 37.0 Å². The molecule has 9 heteroatoms. The zero-order valence-electron chi connectivity index (χ0n) is 21.0. The molecule has 0 heterocycles. The van der Waals surface area contributed by atoms with E-state index < -0.39 is 0 Å². The van der Waals surface area contributed by atoms with Crippen LogP contribution in [0.1, 0.15) is 52.4 Å². The summed E-state index contributed by atoms with van der Waals surface area (Å²) in [7, 11) is 0. The van der Waals surface area contributed by atoms with Crippen molar-refractivity contribution in [2.24, 2.45) is 10.8 Å². The summed E-state index contributed by atoms with van der Waals surface area (Å²) in [6.07, 6.45) is 5.48. The number of rotatable bonds is 26. The van der Waals surface area contributed by atoms with E-state index in [4.69, 9.17) is 18.9 Å². The highest BCUT2D eigenvalue weighted by atomic mass is 32.2. The molecule has 0 saturated heterocycles. The molecule has 2 N–H and O–H groups in total. The summed E-state index contributed by atoms with van der Waals surface area (Å²) in [5.41, 5.74) is -0.609. The summed E-state index contributed by atoms with van der Waals surface area (Å²) in [5, 5.41) is 19.6. The first-order valence-electron chi connectivity index (χ1n) is 12.4. The molecular weight excluding hydrogens is 480 g/mol. The highest BCUT2D eigenvalue weighted by Gasteiger charge is 2.29. The summed E-state index contributed by atoms with van der Waals surface area (Å²) in [5.74, 6) is 3.72. The first kappa shape index (κ1) is 33.8. The van der Waals surface area contributed by atoms with Crippen molar-refractivity contribution in [3.63, 3.8) is 0 Å². The second-order valence-corrected chi connectivity index (χ2v) is 10.8. The minimum absolute atomic E-state index is 0.0799. The molecule has 0 aromatic carbocycles. The highest BCUT2D eigenvalue weighted by molar-refractivity contribution is 7.99. The van der Waals surface area contributed by atoms with Crippen molar-refractivity contribution in [2.45, 2.75) is 52.4 Å². The lowest BCUT2D eigenvalue weighted by atomic mass is 9.88. The Bertz CT molecular complexity index is 374. The molecule has 0 saturated carbocycles. The van der Waals surface area contributed by atoms with Gasteiger partial charge in [0, 0.05) is 37.3 Å². The van der Waals surface area contributed by atoms with Crippen molar-refractivity contribution in [2.75, 3.05) is 89.1 Å². The van der Waals surface area contributed by atoms with E-state index >= 15 is 0 Å². The van der Waals surface area contributed by atoms with Crippen LogP contribution in [0.2, 0.25) is 0 Å². The lowest BCUT2D eigenvalue weighted by Gasteiger charge is -2.30. The lowest BCUT2D eigenvalue weighted by Crippen LogP contribution is -2.36. The Morgan fingerprint density at radius 2 is 0.939 bits per heavy atom. The van der Waals surface area contributed by atoms with Gasteiger partial charge in [0.15, 0.2) is 0 Å². The van der Waals surface area contributed by atoms with E-state index in [0.717, 1.165) is 61.5 Å². The van der Waals surface area contributed by atoms with Crippen LogP contribution in [0.4, 0.5) is 0 Å². The third kappa shape index (κ3) is 17.0. The molecule has 0 aromatic rings. The standard InChI is InChI=1S/C24H50O6S3/c1-3-23(17-25,19-27-9-5-13-31)21-29-11-7-15-33-16-8-12-30-22-24(4-2,18-26)20-28-10-6-14-32/h25-26,31-32H,3-22H2,1-2H3. The summed E-state index contributed by atoms with van der Waals surface area (Å²) in [6.45, 7) is 9.17. The predicted molar refractivity (Wildman–Crippen MR) is 146 cm³/mol. The number of aliphatic hydroxyl groups is 2. The topological polar surface area (TPSA) is 77.4 Å². The van der Waals surface area contributed by atoms with E-state index in [0.29, 0.717) is 52.9 Å². The summed E-state index contributed by atoms with van der Waals surface area (Å²) < 4.78 is 23.1. The smallest absolute Gasteiger partial charge is 0.0566 e. The third-order valence-corrected chi connectivity index (χ3v) is 7.64. The van der Waals surface area contributed by atoms with E-state index in [2.05, 4.69) is 39.1 Å². The molecular formula is C24H50O6S3. The summed E-state index contributed by atoms with van der Waals surface area (Å²) in [4.78, 5) is 0. The van der Waals surface area contributed by atoms with Crippen LogP contribution in [0.25, 0.3) is 0 Å². The minimum Gasteiger partial charge on any atom is -0.396 e. The summed E-state index contributed by atoms with van der Waals surface area (Å²) >= 11 is 10.3. The van der Waals surface area contributed by atoms with E-state index in [1.54, 1.807) is 0 Å². The number of ether oxygens (including phenoxy) is 4. The van der Waals surface area contributed by atoms with Gasteiger partial charge in [0.1, 0.15) is 0 Å². The Labute approximate surface area is 218 Å². The van der Waals surface area contributed by atoms with Crippen LogP contribution in [0.5, 0.6) is 0 Å². The first-order chi connectivity index (χ1) is 16.1. The van der Waals surface area contributed by atoms with Crippen molar-refractivity contribution >= 4 is 37.0 Å². The second-order valence-electron chi connectivity index (χ2n) is 8.71. The zero-order valence-corrected chi connectivity index (χ0v) is 23.6. The quantitative estimate of drug-likeness (QED) is 0.0995. The second kappa shape index (κ2) is 23.2. The van der Waals surface area contributed by atoms with Crippen molar-refractivity contribution in [1.82, 2.24) is 0 Å². The van der Waals surface area contributed by atoms with Gasteiger partial charge in [0.25, 0.3) is 0 Å². The molecule has 2 unspecified atom stereocenters. The van der Waals surface area contributed by atoms with Gasteiger partial charge in [-0.2, -0.15) is 37.0 Å². The van der Waals surface area contributed by atoms with Gasteiger partial charge in [-0.05, 0) is 61.5 Å². The fourth-order valence-electron chi connectivity index (χ4n) is 3.01. The molecule has 2 atom stereocenters. The van der Waals surface area contributed by atoms with E-state index in [-0.39, 0.29) is 24.0 Å². The SMILES string of the molecule is CCC(CO)(COCCCS)COCCCSCCCOCC(CC)(CO)COCCCS. The normalized spacial score (nSPS) is 15.5. The molecule has 0 rings (SSSR count). The fraction of sp³-hybridized carbons (Fsp3) is 1.00. The van der Waals surface area contributed by atoms with Crippen LogP contribution in [-0.4, -0.2) is 99.3 Å². The maximum Gasteiger partial charge on any atom is 0.0566 e. The number of hydrogen-bond acceptors (Lipinski definition) is 9.